The molecule has 1 amide bonds. The van der Waals surface area contributed by atoms with E-state index in [1.54, 1.807) is 48.7 Å². The predicted octanol–water partition coefficient (Wildman–Crippen LogP) is 3.66. The number of hydrogen-bond acceptors (Lipinski definition) is 4. The van der Waals surface area contributed by atoms with E-state index in [0.29, 0.717) is 41.2 Å². The first kappa shape index (κ1) is 20.6. The fraction of sp³-hybridized carbons (Fsp3) is 0.167. The quantitative estimate of drug-likeness (QED) is 0.642. The largest absolute Gasteiger partial charge is 0.322 e. The van der Waals surface area contributed by atoms with Crippen LogP contribution in [0.25, 0.3) is 0 Å². The van der Waals surface area contributed by atoms with Crippen molar-refractivity contribution >= 4 is 27.3 Å². The molecule has 0 unspecified atom stereocenters. The standard InChI is InChI=1S/C24H21N3O3S/c28-24(20-7-5-6-19(18-20)9-10-21-8-1-2-15-25-21)26-22-11-13-23(14-12-22)27-16-3-4-17-31(27,29)30/h1-2,5-8,11-15,18H,3-4,16-17H2,(H,26,28). The van der Waals surface area contributed by atoms with Crippen molar-refractivity contribution in [3.05, 3.63) is 89.7 Å². The molecule has 2 heterocycles. The highest BCUT2D eigenvalue weighted by Gasteiger charge is 2.25. The zero-order valence-corrected chi connectivity index (χ0v) is 17.6. The third kappa shape index (κ3) is 5.11. The van der Waals surface area contributed by atoms with Gasteiger partial charge in [0.25, 0.3) is 5.91 Å². The Morgan fingerprint density at radius 1 is 0.968 bits per heavy atom. The van der Waals surface area contributed by atoms with Crippen LogP contribution >= 0.6 is 0 Å². The van der Waals surface area contributed by atoms with E-state index in [2.05, 4.69) is 22.1 Å². The maximum Gasteiger partial charge on any atom is 0.255 e. The monoisotopic (exact) mass is 431 g/mol. The van der Waals surface area contributed by atoms with Gasteiger partial charge < -0.3 is 5.32 Å². The van der Waals surface area contributed by atoms with E-state index >= 15 is 0 Å². The van der Waals surface area contributed by atoms with Crippen molar-refractivity contribution in [2.24, 2.45) is 0 Å². The van der Waals surface area contributed by atoms with E-state index < -0.39 is 10.0 Å². The number of rotatable bonds is 3. The van der Waals surface area contributed by atoms with Crippen LogP contribution in [0.1, 0.15) is 34.5 Å². The molecule has 1 fully saturated rings. The van der Waals surface area contributed by atoms with Crippen LogP contribution in [0.4, 0.5) is 11.4 Å². The van der Waals surface area contributed by atoms with Crippen molar-refractivity contribution in [3.63, 3.8) is 0 Å². The number of amides is 1. The molecule has 4 rings (SSSR count). The molecular weight excluding hydrogens is 410 g/mol. The number of nitrogens with one attached hydrogen (secondary N) is 1. The van der Waals surface area contributed by atoms with Gasteiger partial charge in [0.2, 0.25) is 10.0 Å². The summed E-state index contributed by atoms with van der Waals surface area (Å²) >= 11 is 0. The Balaban J connectivity index is 1.46. The second kappa shape index (κ2) is 9.02. The summed E-state index contributed by atoms with van der Waals surface area (Å²) in [6.45, 7) is 0.486. The fourth-order valence-corrected chi connectivity index (χ4v) is 4.94. The molecule has 1 aromatic heterocycles. The summed E-state index contributed by atoms with van der Waals surface area (Å²) < 4.78 is 25.9. The van der Waals surface area contributed by atoms with Gasteiger partial charge in [0.05, 0.1) is 11.4 Å². The first-order valence-corrected chi connectivity index (χ1v) is 11.6. The first-order valence-electron chi connectivity index (χ1n) is 9.96. The summed E-state index contributed by atoms with van der Waals surface area (Å²) in [6, 6.07) is 19.4. The molecule has 1 N–H and O–H groups in total. The Morgan fingerprint density at radius 2 is 1.81 bits per heavy atom. The van der Waals surface area contributed by atoms with E-state index in [-0.39, 0.29) is 11.7 Å². The summed E-state index contributed by atoms with van der Waals surface area (Å²) in [5, 5.41) is 2.84. The maximum absolute atomic E-state index is 12.7. The zero-order valence-electron chi connectivity index (χ0n) is 16.8. The fourth-order valence-electron chi connectivity index (χ4n) is 3.30. The second-order valence-corrected chi connectivity index (χ2v) is 9.15. The van der Waals surface area contributed by atoms with Crippen LogP contribution in [0.5, 0.6) is 0 Å². The second-order valence-electron chi connectivity index (χ2n) is 7.14. The third-order valence-electron chi connectivity index (χ3n) is 4.89. The number of anilines is 2. The highest BCUT2D eigenvalue weighted by atomic mass is 32.2. The van der Waals surface area contributed by atoms with Gasteiger partial charge in [0.15, 0.2) is 0 Å². The molecule has 0 radical (unpaired) electrons. The van der Waals surface area contributed by atoms with Crippen molar-refractivity contribution in [1.82, 2.24) is 4.98 Å². The van der Waals surface area contributed by atoms with Crippen molar-refractivity contribution in [2.75, 3.05) is 21.9 Å². The van der Waals surface area contributed by atoms with Gasteiger partial charge in [0.1, 0.15) is 5.69 Å². The van der Waals surface area contributed by atoms with Crippen molar-refractivity contribution in [1.29, 1.82) is 0 Å². The molecule has 156 valence electrons. The average Bonchev–Trinajstić information content (AvgIpc) is 2.79. The Morgan fingerprint density at radius 3 is 2.55 bits per heavy atom. The summed E-state index contributed by atoms with van der Waals surface area (Å²) in [5.74, 6) is 5.90. The number of carbonyl (C=O) groups is 1. The van der Waals surface area contributed by atoms with Crippen LogP contribution in [0, 0.1) is 11.8 Å². The van der Waals surface area contributed by atoms with E-state index in [0.717, 1.165) is 6.42 Å². The number of nitrogens with zero attached hydrogens (tertiary/aromatic N) is 2. The Kier molecular flexibility index (Phi) is 6.01. The van der Waals surface area contributed by atoms with Crippen molar-refractivity contribution < 1.29 is 13.2 Å². The minimum Gasteiger partial charge on any atom is -0.322 e. The molecule has 31 heavy (non-hydrogen) atoms. The maximum atomic E-state index is 12.7. The minimum atomic E-state index is -3.26. The molecular formula is C24H21N3O3S. The summed E-state index contributed by atoms with van der Waals surface area (Å²) in [5.41, 5.74) is 3.06. The zero-order chi connectivity index (χ0) is 21.7. The molecule has 6 nitrogen and oxygen atoms in total. The normalized spacial score (nSPS) is 14.9. The van der Waals surface area contributed by atoms with Crippen LogP contribution in [0.3, 0.4) is 0 Å². The van der Waals surface area contributed by atoms with Crippen LogP contribution in [0.2, 0.25) is 0 Å². The van der Waals surface area contributed by atoms with Crippen molar-refractivity contribution in [3.8, 4) is 11.8 Å². The highest BCUT2D eigenvalue weighted by Crippen LogP contribution is 2.25. The van der Waals surface area contributed by atoms with Crippen LogP contribution in [-0.4, -0.2) is 31.6 Å². The SMILES string of the molecule is O=C(Nc1ccc(N2CCCCS2(=O)=O)cc1)c1cccc(C#Cc2ccccn2)c1. The van der Waals surface area contributed by atoms with Gasteiger partial charge in [0, 0.05) is 29.6 Å². The summed E-state index contributed by atoms with van der Waals surface area (Å²) in [4.78, 5) is 16.8. The van der Waals surface area contributed by atoms with Gasteiger partial charge in [-0.05, 0) is 73.4 Å². The number of sulfonamides is 1. The van der Waals surface area contributed by atoms with Crippen molar-refractivity contribution in [2.45, 2.75) is 12.8 Å². The first-order chi connectivity index (χ1) is 15.0. The predicted molar refractivity (Wildman–Crippen MR) is 121 cm³/mol. The lowest BCUT2D eigenvalue weighted by Gasteiger charge is -2.28. The molecule has 1 aliphatic rings. The number of benzene rings is 2. The van der Waals surface area contributed by atoms with Crippen LogP contribution in [-0.2, 0) is 10.0 Å². The van der Waals surface area contributed by atoms with Gasteiger partial charge in [-0.15, -0.1) is 0 Å². The molecule has 0 saturated carbocycles. The molecule has 0 atom stereocenters. The Hall–Kier alpha value is -3.63. The van der Waals surface area contributed by atoms with E-state index in [4.69, 9.17) is 0 Å². The Labute approximate surface area is 182 Å². The third-order valence-corrected chi connectivity index (χ3v) is 6.76. The molecule has 1 saturated heterocycles. The molecule has 7 heteroatoms. The van der Waals surface area contributed by atoms with Gasteiger partial charge in [-0.2, -0.15) is 0 Å². The molecule has 1 aliphatic heterocycles. The van der Waals surface area contributed by atoms with Gasteiger partial charge in [-0.25, -0.2) is 13.4 Å². The van der Waals surface area contributed by atoms with E-state index in [1.165, 1.54) is 4.31 Å². The van der Waals surface area contributed by atoms with E-state index in [1.807, 2.05) is 24.3 Å². The molecule has 0 bridgehead atoms. The topological polar surface area (TPSA) is 79.4 Å². The lowest BCUT2D eigenvalue weighted by atomic mass is 10.1. The van der Waals surface area contributed by atoms with Crippen LogP contribution < -0.4 is 9.62 Å². The average molecular weight is 432 g/mol. The molecule has 2 aromatic carbocycles. The number of pyridine rings is 1. The number of aromatic nitrogens is 1. The smallest absolute Gasteiger partial charge is 0.255 e. The minimum absolute atomic E-state index is 0.172. The molecule has 3 aromatic rings. The van der Waals surface area contributed by atoms with E-state index in [9.17, 15) is 13.2 Å². The van der Waals surface area contributed by atoms with Gasteiger partial charge in [-0.1, -0.05) is 18.1 Å². The number of carbonyl (C=O) groups excluding carboxylic acids is 1. The lowest BCUT2D eigenvalue weighted by molar-refractivity contribution is 0.102. The van der Waals surface area contributed by atoms with Gasteiger partial charge in [-0.3, -0.25) is 9.10 Å². The summed E-state index contributed by atoms with van der Waals surface area (Å²) in [6.07, 6.45) is 3.22. The molecule has 0 aliphatic carbocycles. The van der Waals surface area contributed by atoms with Crippen LogP contribution in [0.15, 0.2) is 72.9 Å². The summed E-state index contributed by atoms with van der Waals surface area (Å²) in [7, 11) is -3.26. The molecule has 0 spiro atoms. The Bertz CT molecular complexity index is 1240. The highest BCUT2D eigenvalue weighted by molar-refractivity contribution is 7.92. The number of hydrogen-bond donors (Lipinski definition) is 1. The van der Waals surface area contributed by atoms with Gasteiger partial charge >= 0.3 is 0 Å². The lowest BCUT2D eigenvalue weighted by Crippen LogP contribution is -2.37.